The minimum atomic E-state index is -1.18. The number of carbonyl (C=O) groups excluding carboxylic acids is 2. The number of hydrogen-bond donors (Lipinski definition) is 2. The molecule has 0 spiro atoms. The molecule has 1 amide bonds. The number of aryl methyl sites for hydroxylation is 4. The fourth-order valence-electron chi connectivity index (χ4n) is 4.80. The molecule has 2 heterocycles. The van der Waals surface area contributed by atoms with E-state index in [9.17, 15) is 14.7 Å². The second-order valence-corrected chi connectivity index (χ2v) is 10.3. The van der Waals surface area contributed by atoms with Crippen molar-refractivity contribution >= 4 is 11.9 Å². The third-order valence-electron chi connectivity index (χ3n) is 6.56. The van der Waals surface area contributed by atoms with Crippen LogP contribution in [0.5, 0.6) is 23.0 Å². The summed E-state index contributed by atoms with van der Waals surface area (Å²) in [6.07, 6.45) is -0.890. The van der Waals surface area contributed by atoms with Crippen LogP contribution >= 0.6 is 0 Å². The minimum Gasteiger partial charge on any atom is -0.503 e. The maximum absolute atomic E-state index is 13.2. The average molecular weight is 565 g/mol. The van der Waals surface area contributed by atoms with E-state index < -0.39 is 42.0 Å². The van der Waals surface area contributed by atoms with Crippen LogP contribution < -0.4 is 19.5 Å². The Bertz CT molecular complexity index is 1370. The molecule has 0 saturated carbocycles. The molecular weight excluding hydrogens is 528 g/mol. The number of pyridine rings is 1. The number of benzene rings is 2. The summed E-state index contributed by atoms with van der Waals surface area (Å²) in [5.74, 6) is -0.647. The Morgan fingerprint density at radius 1 is 0.951 bits per heavy atom. The van der Waals surface area contributed by atoms with Gasteiger partial charge in [-0.2, -0.15) is 0 Å². The van der Waals surface area contributed by atoms with E-state index in [0.717, 1.165) is 22.3 Å². The largest absolute Gasteiger partial charge is 0.503 e. The Kier molecular flexibility index (Phi) is 9.34. The van der Waals surface area contributed by atoms with Crippen LogP contribution in [0, 0.1) is 27.7 Å². The Morgan fingerprint density at radius 3 is 2.12 bits per heavy atom. The van der Waals surface area contributed by atoms with Crippen molar-refractivity contribution in [1.29, 1.82) is 0 Å². The SMILES string of the molecule is COc1ccnc(C(=O)N[C@H]2COC[C@H](Oc3cc(C)cc(C)c3)[C@@H](Oc3cc(C)cc(C)c3)[C@H](C)OC2=O)c1O. The minimum absolute atomic E-state index is 0.0401. The van der Waals surface area contributed by atoms with Crippen LogP contribution in [-0.4, -0.2) is 66.6 Å². The van der Waals surface area contributed by atoms with E-state index in [4.69, 9.17) is 23.7 Å². The number of aromatic nitrogens is 1. The normalized spacial score (nSPS) is 21.1. The first kappa shape index (κ1) is 29.7. The highest BCUT2D eigenvalue weighted by Crippen LogP contribution is 2.28. The van der Waals surface area contributed by atoms with Crippen LogP contribution in [-0.2, 0) is 14.3 Å². The number of amides is 1. The zero-order valence-electron chi connectivity index (χ0n) is 24.1. The van der Waals surface area contributed by atoms with E-state index in [0.29, 0.717) is 11.5 Å². The lowest BCUT2D eigenvalue weighted by Crippen LogP contribution is -2.48. The van der Waals surface area contributed by atoms with Crippen LogP contribution in [0.25, 0.3) is 0 Å². The van der Waals surface area contributed by atoms with Crippen molar-refractivity contribution < 1.29 is 38.4 Å². The van der Waals surface area contributed by atoms with Gasteiger partial charge in [0.15, 0.2) is 35.4 Å². The van der Waals surface area contributed by atoms with Crippen LogP contribution in [0.1, 0.15) is 39.7 Å². The van der Waals surface area contributed by atoms with Crippen molar-refractivity contribution in [2.75, 3.05) is 20.3 Å². The molecule has 1 fully saturated rings. The maximum Gasteiger partial charge on any atom is 0.331 e. The summed E-state index contributed by atoms with van der Waals surface area (Å²) in [7, 11) is 1.36. The highest BCUT2D eigenvalue weighted by molar-refractivity contribution is 5.98. The summed E-state index contributed by atoms with van der Waals surface area (Å²) in [6, 6.07) is 12.0. The first-order valence-electron chi connectivity index (χ1n) is 13.3. The van der Waals surface area contributed by atoms with E-state index in [1.54, 1.807) is 6.92 Å². The number of ether oxygens (including phenoxy) is 5. The molecule has 10 nitrogen and oxygen atoms in total. The van der Waals surface area contributed by atoms with E-state index in [1.165, 1.54) is 19.4 Å². The number of nitrogens with zero attached hydrogens (tertiary/aromatic N) is 1. The van der Waals surface area contributed by atoms with Gasteiger partial charge in [-0.3, -0.25) is 4.79 Å². The Hall–Kier alpha value is -4.31. The summed E-state index contributed by atoms with van der Waals surface area (Å²) in [4.78, 5) is 30.1. The van der Waals surface area contributed by atoms with E-state index in [-0.39, 0.29) is 24.7 Å². The fraction of sp³-hybridized carbons (Fsp3) is 0.387. The zero-order chi connectivity index (χ0) is 29.7. The van der Waals surface area contributed by atoms with Gasteiger partial charge in [-0.15, -0.1) is 0 Å². The van der Waals surface area contributed by atoms with Crippen molar-refractivity contribution in [1.82, 2.24) is 10.3 Å². The number of aromatic hydroxyl groups is 1. The molecule has 218 valence electrons. The Morgan fingerprint density at radius 2 is 1.54 bits per heavy atom. The lowest BCUT2D eigenvalue weighted by Gasteiger charge is -2.31. The summed E-state index contributed by atoms with van der Waals surface area (Å²) < 4.78 is 29.6. The number of hydrogen-bond acceptors (Lipinski definition) is 9. The number of rotatable bonds is 7. The Labute approximate surface area is 239 Å². The van der Waals surface area contributed by atoms with Gasteiger partial charge in [0.2, 0.25) is 0 Å². The van der Waals surface area contributed by atoms with Gasteiger partial charge in [0.05, 0.1) is 20.3 Å². The molecule has 3 aromatic rings. The van der Waals surface area contributed by atoms with Gasteiger partial charge >= 0.3 is 5.97 Å². The smallest absolute Gasteiger partial charge is 0.331 e. The van der Waals surface area contributed by atoms with Crippen molar-refractivity contribution in [3.05, 3.63) is 76.6 Å². The second-order valence-electron chi connectivity index (χ2n) is 10.3. The highest BCUT2D eigenvalue weighted by atomic mass is 16.6. The highest BCUT2D eigenvalue weighted by Gasteiger charge is 2.38. The van der Waals surface area contributed by atoms with Crippen molar-refractivity contribution in [2.24, 2.45) is 0 Å². The molecule has 4 atom stereocenters. The predicted octanol–water partition coefficient (Wildman–Crippen LogP) is 3.98. The molecule has 2 N–H and O–H groups in total. The van der Waals surface area contributed by atoms with Crippen LogP contribution in [0.2, 0.25) is 0 Å². The topological polar surface area (TPSA) is 125 Å². The van der Waals surface area contributed by atoms with E-state index >= 15 is 0 Å². The summed E-state index contributed by atoms with van der Waals surface area (Å²) in [6.45, 7) is 9.46. The van der Waals surface area contributed by atoms with Gasteiger partial charge in [0.1, 0.15) is 17.6 Å². The van der Waals surface area contributed by atoms with Crippen molar-refractivity contribution in [2.45, 2.75) is 59.0 Å². The molecule has 1 saturated heterocycles. The third-order valence-corrected chi connectivity index (χ3v) is 6.56. The number of cyclic esters (lactones) is 1. The molecule has 0 bridgehead atoms. The van der Waals surface area contributed by atoms with Crippen molar-refractivity contribution in [3.63, 3.8) is 0 Å². The van der Waals surface area contributed by atoms with Crippen LogP contribution in [0.15, 0.2) is 48.7 Å². The molecule has 41 heavy (non-hydrogen) atoms. The third kappa shape index (κ3) is 7.46. The molecular formula is C31H36N2O8. The van der Waals surface area contributed by atoms with Crippen LogP contribution in [0.3, 0.4) is 0 Å². The summed E-state index contributed by atoms with van der Waals surface area (Å²) in [5, 5.41) is 12.9. The van der Waals surface area contributed by atoms with Gasteiger partial charge in [-0.05, 0) is 81.1 Å². The van der Waals surface area contributed by atoms with Crippen LogP contribution in [0.4, 0.5) is 0 Å². The summed E-state index contributed by atoms with van der Waals surface area (Å²) >= 11 is 0. The second kappa shape index (κ2) is 12.9. The van der Waals surface area contributed by atoms with Gasteiger partial charge in [-0.25, -0.2) is 9.78 Å². The molecule has 1 aliphatic rings. The number of carbonyl (C=O) groups is 2. The zero-order valence-corrected chi connectivity index (χ0v) is 24.1. The lowest BCUT2D eigenvalue weighted by atomic mass is 10.1. The summed E-state index contributed by atoms with van der Waals surface area (Å²) in [5.41, 5.74) is 3.82. The maximum atomic E-state index is 13.2. The quantitative estimate of drug-likeness (QED) is 0.410. The average Bonchev–Trinajstić information content (AvgIpc) is 2.93. The Balaban J connectivity index is 1.60. The van der Waals surface area contributed by atoms with Gasteiger partial charge in [-0.1, -0.05) is 12.1 Å². The molecule has 2 aromatic carbocycles. The van der Waals surface area contributed by atoms with Gasteiger partial charge in [0.25, 0.3) is 5.91 Å². The molecule has 10 heteroatoms. The first-order chi connectivity index (χ1) is 19.5. The molecule has 0 unspecified atom stereocenters. The van der Waals surface area contributed by atoms with Gasteiger partial charge < -0.3 is 34.1 Å². The standard InChI is InChI=1S/C31H36N2O8/c1-17-9-18(2)12-22(11-17)40-26-16-38-15-24(33-30(35)27-28(34)25(37-6)7-8-32-27)31(36)39-21(5)29(26)41-23-13-19(3)10-20(4)14-23/h7-14,21,24,26,29,34H,15-16H2,1-6H3,(H,33,35)/t21-,24-,26-,29-/m0/s1. The molecule has 4 rings (SSSR count). The monoisotopic (exact) mass is 564 g/mol. The number of methoxy groups -OCH3 is 1. The molecule has 1 aromatic heterocycles. The number of nitrogens with one attached hydrogen (secondary N) is 1. The fourth-order valence-corrected chi connectivity index (χ4v) is 4.80. The molecule has 0 aliphatic carbocycles. The number of esters is 1. The first-order valence-corrected chi connectivity index (χ1v) is 13.3. The lowest BCUT2D eigenvalue weighted by molar-refractivity contribution is -0.156. The predicted molar refractivity (Wildman–Crippen MR) is 151 cm³/mol. The van der Waals surface area contributed by atoms with Gasteiger partial charge in [0, 0.05) is 12.3 Å². The molecule has 1 aliphatic heterocycles. The van der Waals surface area contributed by atoms with E-state index in [1.807, 2.05) is 64.1 Å². The molecule has 0 radical (unpaired) electrons. The van der Waals surface area contributed by atoms with E-state index in [2.05, 4.69) is 10.3 Å². The van der Waals surface area contributed by atoms with Crippen molar-refractivity contribution in [3.8, 4) is 23.0 Å².